The summed E-state index contributed by atoms with van der Waals surface area (Å²) in [6, 6.07) is 8.61. The zero-order valence-electron chi connectivity index (χ0n) is 15.9. The highest BCUT2D eigenvalue weighted by Crippen LogP contribution is 2.28. The third-order valence-electron chi connectivity index (χ3n) is 4.30. The molecule has 0 N–H and O–H groups in total. The Morgan fingerprint density at radius 2 is 1.88 bits per heavy atom. The number of hydrogen-bond acceptors (Lipinski definition) is 1. The highest BCUT2D eigenvalue weighted by Gasteiger charge is 2.14. The molecule has 0 saturated carbocycles. The van der Waals surface area contributed by atoms with Gasteiger partial charge in [0.2, 0.25) is 0 Å². The van der Waals surface area contributed by atoms with Gasteiger partial charge >= 0.3 is 0 Å². The standard InChI is InChI=1S/C23H33N/c1-7-9-11-20(10-8-2)22(16-18(3)4)17-23(24-6)21-14-12-19(5)13-15-21/h7,12-15,17,20H,1,3,8-11,16H2,2,4-6H3/b22-17+,24-23?. The van der Waals surface area contributed by atoms with Crippen LogP contribution in [0.5, 0.6) is 0 Å². The number of nitrogens with zero attached hydrogens (tertiary/aromatic N) is 1. The van der Waals surface area contributed by atoms with Gasteiger partial charge in [0.15, 0.2) is 0 Å². The van der Waals surface area contributed by atoms with Crippen LogP contribution < -0.4 is 0 Å². The number of hydrogen-bond donors (Lipinski definition) is 0. The zero-order chi connectivity index (χ0) is 17.9. The van der Waals surface area contributed by atoms with Crippen molar-refractivity contribution >= 4 is 5.71 Å². The number of allylic oxidation sites excluding steroid dienone is 4. The lowest BCUT2D eigenvalue weighted by molar-refractivity contribution is 0.506. The third kappa shape index (κ3) is 6.70. The van der Waals surface area contributed by atoms with Crippen LogP contribution in [-0.2, 0) is 0 Å². The molecule has 1 rings (SSSR count). The van der Waals surface area contributed by atoms with Gasteiger partial charge in [-0.05, 0) is 57.1 Å². The van der Waals surface area contributed by atoms with Gasteiger partial charge in [0.05, 0.1) is 5.71 Å². The summed E-state index contributed by atoms with van der Waals surface area (Å²) in [5.41, 5.74) is 6.18. The van der Waals surface area contributed by atoms with Crippen LogP contribution in [0.15, 0.2) is 65.7 Å². The Balaban J connectivity index is 3.18. The van der Waals surface area contributed by atoms with Crippen molar-refractivity contribution in [2.24, 2.45) is 10.9 Å². The van der Waals surface area contributed by atoms with Gasteiger partial charge in [-0.25, -0.2) is 0 Å². The van der Waals surface area contributed by atoms with E-state index in [1.54, 1.807) is 0 Å². The Hall–Kier alpha value is -1.89. The van der Waals surface area contributed by atoms with Gasteiger partial charge in [-0.2, -0.15) is 0 Å². The second kappa shape index (κ2) is 10.8. The number of aryl methyl sites for hydroxylation is 1. The predicted molar refractivity (Wildman–Crippen MR) is 109 cm³/mol. The second-order valence-corrected chi connectivity index (χ2v) is 6.68. The summed E-state index contributed by atoms with van der Waals surface area (Å²) in [6.07, 6.45) is 9.88. The van der Waals surface area contributed by atoms with Gasteiger partial charge in [-0.15, -0.1) is 6.58 Å². The first-order valence-electron chi connectivity index (χ1n) is 9.01. The summed E-state index contributed by atoms with van der Waals surface area (Å²) in [4.78, 5) is 4.55. The fourth-order valence-corrected chi connectivity index (χ4v) is 3.02. The minimum atomic E-state index is 0.576. The molecule has 0 heterocycles. The topological polar surface area (TPSA) is 12.4 Å². The number of rotatable bonds is 10. The molecule has 0 radical (unpaired) electrons. The quantitative estimate of drug-likeness (QED) is 0.336. The first kappa shape index (κ1) is 20.2. The van der Waals surface area contributed by atoms with Crippen molar-refractivity contribution in [3.05, 3.63) is 71.8 Å². The molecule has 0 aliphatic carbocycles. The van der Waals surface area contributed by atoms with Crippen molar-refractivity contribution in [1.29, 1.82) is 0 Å². The van der Waals surface area contributed by atoms with E-state index in [4.69, 9.17) is 0 Å². The summed E-state index contributed by atoms with van der Waals surface area (Å²) in [7, 11) is 1.88. The van der Waals surface area contributed by atoms with Crippen molar-refractivity contribution in [3.63, 3.8) is 0 Å². The molecule has 0 aromatic heterocycles. The summed E-state index contributed by atoms with van der Waals surface area (Å²) in [5, 5.41) is 0. The van der Waals surface area contributed by atoms with Gasteiger partial charge in [-0.1, -0.05) is 67.0 Å². The molecule has 1 unspecified atom stereocenters. The van der Waals surface area contributed by atoms with Crippen LogP contribution in [0, 0.1) is 12.8 Å². The van der Waals surface area contributed by atoms with E-state index >= 15 is 0 Å². The smallest absolute Gasteiger partial charge is 0.0642 e. The number of aliphatic imine (C=N–C) groups is 1. The Labute approximate surface area is 148 Å². The Morgan fingerprint density at radius 1 is 1.21 bits per heavy atom. The summed E-state index contributed by atoms with van der Waals surface area (Å²) < 4.78 is 0. The minimum Gasteiger partial charge on any atom is -0.288 e. The molecule has 1 nitrogen and oxygen atoms in total. The van der Waals surface area contributed by atoms with Crippen LogP contribution in [0.2, 0.25) is 0 Å². The minimum absolute atomic E-state index is 0.576. The third-order valence-corrected chi connectivity index (χ3v) is 4.30. The first-order valence-corrected chi connectivity index (χ1v) is 9.01. The van der Waals surface area contributed by atoms with E-state index in [1.165, 1.54) is 35.1 Å². The number of benzene rings is 1. The van der Waals surface area contributed by atoms with Gasteiger partial charge in [0.25, 0.3) is 0 Å². The van der Waals surface area contributed by atoms with Crippen molar-refractivity contribution in [2.75, 3.05) is 7.05 Å². The van der Waals surface area contributed by atoms with E-state index in [-0.39, 0.29) is 0 Å². The van der Waals surface area contributed by atoms with Crippen molar-refractivity contribution in [1.82, 2.24) is 0 Å². The van der Waals surface area contributed by atoms with E-state index in [2.05, 4.69) is 69.3 Å². The molecule has 0 saturated heterocycles. The van der Waals surface area contributed by atoms with Gasteiger partial charge < -0.3 is 0 Å². The van der Waals surface area contributed by atoms with Gasteiger partial charge in [-0.3, -0.25) is 4.99 Å². The van der Waals surface area contributed by atoms with Crippen LogP contribution in [0.25, 0.3) is 0 Å². The summed E-state index contributed by atoms with van der Waals surface area (Å²) in [6.45, 7) is 14.5. The van der Waals surface area contributed by atoms with Crippen LogP contribution >= 0.6 is 0 Å². The molecule has 0 spiro atoms. The highest BCUT2D eigenvalue weighted by atomic mass is 14.7. The molecule has 1 heteroatoms. The SMILES string of the molecule is C=CCCC(CCC)/C(=C/C(=NC)c1ccc(C)cc1)CC(=C)C. The van der Waals surface area contributed by atoms with Crippen molar-refractivity contribution < 1.29 is 0 Å². The molecule has 0 fully saturated rings. The van der Waals surface area contributed by atoms with Crippen LogP contribution in [0.1, 0.15) is 57.1 Å². The van der Waals surface area contributed by atoms with Crippen LogP contribution in [-0.4, -0.2) is 12.8 Å². The van der Waals surface area contributed by atoms with E-state index in [1.807, 2.05) is 13.1 Å². The average Bonchev–Trinajstić information content (AvgIpc) is 2.56. The van der Waals surface area contributed by atoms with E-state index in [9.17, 15) is 0 Å². The molecule has 130 valence electrons. The van der Waals surface area contributed by atoms with E-state index < -0.39 is 0 Å². The maximum Gasteiger partial charge on any atom is 0.0642 e. The monoisotopic (exact) mass is 323 g/mol. The van der Waals surface area contributed by atoms with E-state index in [0.717, 1.165) is 25.0 Å². The predicted octanol–water partition coefficient (Wildman–Crippen LogP) is 6.69. The highest BCUT2D eigenvalue weighted by molar-refractivity contribution is 6.09. The molecular formula is C23H33N. The Kier molecular flexibility index (Phi) is 9.07. The maximum atomic E-state index is 4.55. The molecule has 1 aromatic carbocycles. The molecule has 0 amide bonds. The lowest BCUT2D eigenvalue weighted by Gasteiger charge is -2.20. The zero-order valence-corrected chi connectivity index (χ0v) is 15.9. The Morgan fingerprint density at radius 3 is 2.38 bits per heavy atom. The molecule has 24 heavy (non-hydrogen) atoms. The molecule has 0 bridgehead atoms. The van der Waals surface area contributed by atoms with Gasteiger partial charge in [0.1, 0.15) is 0 Å². The Bertz CT molecular complexity index is 587. The normalized spacial score (nSPS) is 13.7. The lowest BCUT2D eigenvalue weighted by Crippen LogP contribution is -2.08. The van der Waals surface area contributed by atoms with Crippen LogP contribution in [0.4, 0.5) is 0 Å². The average molecular weight is 324 g/mol. The van der Waals surface area contributed by atoms with E-state index in [0.29, 0.717) is 5.92 Å². The molecule has 0 aliphatic heterocycles. The molecule has 0 aliphatic rings. The largest absolute Gasteiger partial charge is 0.288 e. The molecular weight excluding hydrogens is 290 g/mol. The fourth-order valence-electron chi connectivity index (χ4n) is 3.02. The van der Waals surface area contributed by atoms with Crippen molar-refractivity contribution in [2.45, 2.75) is 52.9 Å². The summed E-state index contributed by atoms with van der Waals surface area (Å²) in [5.74, 6) is 0.576. The molecule has 1 aromatic rings. The lowest BCUT2D eigenvalue weighted by atomic mass is 9.85. The molecule has 1 atom stereocenters. The van der Waals surface area contributed by atoms with Crippen molar-refractivity contribution in [3.8, 4) is 0 Å². The second-order valence-electron chi connectivity index (χ2n) is 6.68. The maximum absolute atomic E-state index is 4.55. The van der Waals surface area contributed by atoms with Gasteiger partial charge in [0, 0.05) is 7.05 Å². The summed E-state index contributed by atoms with van der Waals surface area (Å²) >= 11 is 0. The fraction of sp³-hybridized carbons (Fsp3) is 0.435. The van der Waals surface area contributed by atoms with Crippen LogP contribution in [0.3, 0.4) is 0 Å². The first-order chi connectivity index (χ1) is 11.5.